The quantitative estimate of drug-likeness (QED) is 0.288. The zero-order chi connectivity index (χ0) is 0. The first-order valence-corrected chi connectivity index (χ1v) is 0. The van der Waals surface area contributed by atoms with Crippen molar-refractivity contribution in [3.05, 3.63) is 0 Å². The molecule has 0 aromatic rings. The minimum absolute atomic E-state index is 0. The second kappa shape index (κ2) is 57.7. The van der Waals surface area contributed by atoms with Gasteiger partial charge in [-0.3, -0.25) is 0 Å². The molecule has 0 aromatic carbocycles. The molecule has 0 aliphatic carbocycles. The maximum Gasteiger partial charge on any atom is 3.00 e. The van der Waals surface area contributed by atoms with Crippen LogP contribution in [0.4, 0.5) is 0 Å². The fourth-order valence-electron chi connectivity index (χ4n) is 0. The summed E-state index contributed by atoms with van der Waals surface area (Å²) in [6.07, 6.45) is 0. The predicted octanol–water partition coefficient (Wildman–Crippen LogP) is -12.4. The van der Waals surface area contributed by atoms with Gasteiger partial charge >= 0.3 is 74.0 Å². The van der Waals surface area contributed by atoms with Crippen LogP contribution >= 0.6 is 0 Å². The summed E-state index contributed by atoms with van der Waals surface area (Å²) >= 11 is 0. The fraction of sp³-hybridized carbons (Fsp3) is 0. The Morgan fingerprint density at radius 2 is 0.833 bits per heavy atom. The van der Waals surface area contributed by atoms with E-state index in [1.807, 2.05) is 0 Å². The van der Waals surface area contributed by atoms with Crippen molar-refractivity contribution in [3.63, 3.8) is 0 Å². The van der Waals surface area contributed by atoms with Crippen molar-refractivity contribution < 1.29 is 37.3 Å². The maximum atomic E-state index is 0. The first-order chi connectivity index (χ1) is 0. The molecule has 0 fully saturated rings. The van der Waals surface area contributed by atoms with Crippen molar-refractivity contribution in [2.24, 2.45) is 0 Å². The summed E-state index contributed by atoms with van der Waals surface area (Å²) in [5, 5.41) is 0. The van der Waals surface area contributed by atoms with E-state index in [-0.39, 0.29) is 92.4 Å². The molecule has 0 rings (SSSR count). The van der Waals surface area contributed by atoms with Crippen LogP contribution in [0, 0.1) is 0 Å². The normalized spacial score (nSPS) is 0. The van der Waals surface area contributed by atoms with E-state index in [2.05, 4.69) is 0 Å². The summed E-state index contributed by atoms with van der Waals surface area (Å²) in [5.74, 6) is 0. The summed E-state index contributed by atoms with van der Waals surface area (Å²) in [6.45, 7) is 0. The molecule has 0 saturated carbocycles. The molecule has 0 radical (unpaired) electrons. The molecule has 0 amide bonds. The SMILES string of the molecule is [Al+3].[Ca+2].[F-].[F-].[F-].[H-].[H-].[H-].[Li+]. The third-order valence-corrected chi connectivity index (χ3v) is 0. The monoisotopic (exact) mass is 134 g/mol. The van der Waals surface area contributed by atoms with Gasteiger partial charge in [0.1, 0.15) is 0 Å². The zero-order valence-corrected chi connectivity index (χ0v) is 6.78. The second-order valence-corrected chi connectivity index (χ2v) is 0. The molecular formula is H3AlCaF3Li. The van der Waals surface area contributed by atoms with Crippen LogP contribution in [0.5, 0.6) is 0 Å². The molecule has 0 atom stereocenters. The van der Waals surface area contributed by atoms with Gasteiger partial charge in [-0.2, -0.15) is 0 Å². The van der Waals surface area contributed by atoms with Gasteiger partial charge in [-0.25, -0.2) is 0 Å². The van der Waals surface area contributed by atoms with Gasteiger partial charge in [0, 0.05) is 0 Å². The van der Waals surface area contributed by atoms with Crippen molar-refractivity contribution in [3.8, 4) is 0 Å². The molecule has 6 heavy (non-hydrogen) atoms. The van der Waals surface area contributed by atoms with Crippen molar-refractivity contribution >= 4 is 55.1 Å². The van der Waals surface area contributed by atoms with Gasteiger partial charge in [0.05, 0.1) is 0 Å². The van der Waals surface area contributed by atoms with Gasteiger partial charge in [0.25, 0.3) is 0 Å². The van der Waals surface area contributed by atoms with E-state index >= 15 is 0 Å². The average molecular weight is 134 g/mol. The molecule has 0 saturated heterocycles. The largest absolute Gasteiger partial charge is 3.00 e. The van der Waals surface area contributed by atoms with Crippen LogP contribution in [0.1, 0.15) is 4.28 Å². The molecule has 0 aliphatic rings. The van der Waals surface area contributed by atoms with Gasteiger partial charge in [-0.1, -0.05) is 0 Å². The Labute approximate surface area is 91.3 Å². The Hall–Kier alpha value is 2.18. The molecular weight excluding hydrogens is 131 g/mol. The van der Waals surface area contributed by atoms with E-state index in [1.165, 1.54) is 0 Å². The van der Waals surface area contributed by atoms with E-state index in [0.717, 1.165) is 0 Å². The van der Waals surface area contributed by atoms with E-state index in [9.17, 15) is 0 Å². The van der Waals surface area contributed by atoms with Crippen molar-refractivity contribution in [1.82, 2.24) is 0 Å². The molecule has 0 N–H and O–H groups in total. The number of halogens is 3. The zero-order valence-electron chi connectivity index (χ0n) is 6.42. The smallest absolute Gasteiger partial charge is 1.00 e. The van der Waals surface area contributed by atoms with Crippen LogP contribution in [0.25, 0.3) is 0 Å². The fourth-order valence-corrected chi connectivity index (χ4v) is 0. The first kappa shape index (κ1) is 88.8. The van der Waals surface area contributed by atoms with E-state index in [4.69, 9.17) is 0 Å². The maximum absolute atomic E-state index is 0. The topological polar surface area (TPSA) is 0 Å². The van der Waals surface area contributed by atoms with Gasteiger partial charge in [-0.15, -0.1) is 0 Å². The van der Waals surface area contributed by atoms with Crippen molar-refractivity contribution in [2.75, 3.05) is 0 Å². The Bertz CT molecular complexity index is 19.0. The van der Waals surface area contributed by atoms with Crippen LogP contribution in [0.2, 0.25) is 0 Å². The van der Waals surface area contributed by atoms with E-state index in [0.29, 0.717) is 0 Å². The minimum atomic E-state index is 0. The molecule has 0 spiro atoms. The second-order valence-electron chi connectivity index (χ2n) is 0. The van der Waals surface area contributed by atoms with Crippen LogP contribution in [0.3, 0.4) is 0 Å². The van der Waals surface area contributed by atoms with Crippen molar-refractivity contribution in [1.29, 1.82) is 0 Å². The average Bonchev–Trinajstić information content (AvgIpc) is 0. The number of rotatable bonds is 0. The van der Waals surface area contributed by atoms with E-state index in [1.54, 1.807) is 0 Å². The predicted molar refractivity (Wildman–Crippen MR) is 14.8 cm³/mol. The molecule has 0 aromatic heterocycles. The van der Waals surface area contributed by atoms with Gasteiger partial charge in [0.2, 0.25) is 0 Å². The van der Waals surface area contributed by atoms with Gasteiger partial charge in [-0.05, 0) is 0 Å². The Morgan fingerprint density at radius 1 is 0.833 bits per heavy atom. The molecule has 0 unspecified atom stereocenters. The molecule has 0 bridgehead atoms. The van der Waals surface area contributed by atoms with Gasteiger partial charge < -0.3 is 18.4 Å². The third kappa shape index (κ3) is 34.9. The van der Waals surface area contributed by atoms with Crippen LogP contribution in [-0.2, 0) is 0 Å². The summed E-state index contributed by atoms with van der Waals surface area (Å²) in [6, 6.07) is 0. The van der Waals surface area contributed by atoms with Crippen LogP contribution in [0.15, 0.2) is 0 Å². The number of hydrogen-bond acceptors (Lipinski definition) is 0. The van der Waals surface area contributed by atoms with Gasteiger partial charge in [0.15, 0.2) is 0 Å². The standard InChI is InChI=1S/Al.Ca.3FH.Li.3H/h;;3*1H;;;;/q+3;+2;;;;+1;3*-1/p-3. The molecule has 0 aliphatic heterocycles. The number of hydrogen-bond donors (Lipinski definition) is 0. The Morgan fingerprint density at radius 3 is 0.833 bits per heavy atom. The minimum Gasteiger partial charge on any atom is -1.00 e. The molecule has 0 heterocycles. The van der Waals surface area contributed by atoms with E-state index < -0.39 is 0 Å². The molecule has 6 heteroatoms. The summed E-state index contributed by atoms with van der Waals surface area (Å²) in [5.41, 5.74) is 0. The van der Waals surface area contributed by atoms with Crippen molar-refractivity contribution in [2.45, 2.75) is 0 Å². The molecule has 0 nitrogen and oxygen atoms in total. The van der Waals surface area contributed by atoms with Crippen LogP contribution < -0.4 is 33.0 Å². The summed E-state index contributed by atoms with van der Waals surface area (Å²) in [4.78, 5) is 0. The Kier molecular flexibility index (Phi) is 854. The first-order valence-electron chi connectivity index (χ1n) is 0. The Balaban J connectivity index is 0. The van der Waals surface area contributed by atoms with Crippen LogP contribution in [-0.4, -0.2) is 55.1 Å². The summed E-state index contributed by atoms with van der Waals surface area (Å²) in [7, 11) is 0. The molecule has 30 valence electrons. The third-order valence-electron chi connectivity index (χ3n) is 0. The summed E-state index contributed by atoms with van der Waals surface area (Å²) < 4.78 is 0.